The zero-order valence-corrected chi connectivity index (χ0v) is 9.21. The average Bonchev–Trinajstić information content (AvgIpc) is 2.40. The summed E-state index contributed by atoms with van der Waals surface area (Å²) < 4.78 is 2.13. The van der Waals surface area contributed by atoms with Gasteiger partial charge in [-0.15, -0.1) is 0 Å². The Labute approximate surface area is 78.0 Å². The van der Waals surface area contributed by atoms with Crippen LogP contribution in [0.25, 0.3) is 0 Å². The van der Waals surface area contributed by atoms with Gasteiger partial charge in [-0.1, -0.05) is 27.7 Å². The molecular formula is C8H19N3O2. The van der Waals surface area contributed by atoms with Crippen LogP contribution in [0, 0.1) is 0 Å². The first kappa shape index (κ1) is 14.3. The molecule has 1 aromatic heterocycles. The second-order valence-electron chi connectivity index (χ2n) is 1.82. The highest BCUT2D eigenvalue weighted by Crippen LogP contribution is 1.55. The smallest absolute Gasteiger partial charge is 0.246 e. The van der Waals surface area contributed by atoms with Crippen LogP contribution in [-0.4, -0.2) is 14.3 Å². The summed E-state index contributed by atoms with van der Waals surface area (Å²) in [6.07, 6.45) is 0. The quantitative estimate of drug-likeness (QED) is 0.644. The van der Waals surface area contributed by atoms with Gasteiger partial charge in [0.2, 0.25) is 0 Å². The Balaban J connectivity index is 0. The molecule has 0 saturated heterocycles. The molecule has 0 bridgehead atoms. The van der Waals surface area contributed by atoms with E-state index < -0.39 is 0 Å². The third-order valence-corrected chi connectivity index (χ3v) is 1.14. The van der Waals surface area contributed by atoms with Gasteiger partial charge in [0.1, 0.15) is 0 Å². The van der Waals surface area contributed by atoms with Gasteiger partial charge < -0.3 is 0 Å². The number of nitrogens with zero attached hydrogens (tertiary/aromatic N) is 2. The second kappa shape index (κ2) is 7.39. The van der Waals surface area contributed by atoms with E-state index in [2.05, 4.69) is 5.10 Å². The average molecular weight is 189 g/mol. The number of aromatic amines is 1. The van der Waals surface area contributed by atoms with E-state index in [1.807, 2.05) is 27.7 Å². The Morgan fingerprint density at radius 3 is 1.46 bits per heavy atom. The minimum absolute atomic E-state index is 0.333. The van der Waals surface area contributed by atoms with Crippen molar-refractivity contribution in [3.8, 4) is 0 Å². The molecule has 5 heteroatoms. The van der Waals surface area contributed by atoms with Crippen LogP contribution in [0.5, 0.6) is 0 Å². The molecule has 0 saturated carbocycles. The van der Waals surface area contributed by atoms with E-state index in [1.54, 1.807) is 0 Å². The van der Waals surface area contributed by atoms with Crippen LogP contribution in [0.15, 0.2) is 9.59 Å². The highest BCUT2D eigenvalue weighted by Gasteiger charge is 1.97. The summed E-state index contributed by atoms with van der Waals surface area (Å²) in [5.41, 5.74) is -0.720. The predicted octanol–water partition coefficient (Wildman–Crippen LogP) is 0.464. The molecule has 1 aromatic rings. The van der Waals surface area contributed by atoms with E-state index in [0.29, 0.717) is 0 Å². The van der Waals surface area contributed by atoms with Crippen molar-refractivity contribution in [2.45, 2.75) is 27.7 Å². The molecule has 0 aliphatic rings. The van der Waals surface area contributed by atoms with E-state index in [4.69, 9.17) is 0 Å². The monoisotopic (exact) mass is 189 g/mol. The number of aromatic nitrogens is 3. The molecule has 0 aliphatic heterocycles. The molecule has 0 aliphatic carbocycles. The van der Waals surface area contributed by atoms with Crippen molar-refractivity contribution in [3.05, 3.63) is 21.0 Å². The lowest BCUT2D eigenvalue weighted by Crippen LogP contribution is -2.24. The largest absolute Gasteiger partial charge is 0.346 e. The summed E-state index contributed by atoms with van der Waals surface area (Å²) in [7, 11) is 2.91. The fourth-order valence-electron chi connectivity index (χ4n) is 0.578. The van der Waals surface area contributed by atoms with Crippen LogP contribution in [0.4, 0.5) is 0 Å². The Morgan fingerprint density at radius 1 is 1.00 bits per heavy atom. The molecular weight excluding hydrogens is 170 g/mol. The van der Waals surface area contributed by atoms with E-state index >= 15 is 0 Å². The van der Waals surface area contributed by atoms with Crippen LogP contribution in [0.2, 0.25) is 0 Å². The van der Waals surface area contributed by atoms with Gasteiger partial charge >= 0.3 is 11.4 Å². The highest BCUT2D eigenvalue weighted by molar-refractivity contribution is 4.64. The number of aryl methyl sites for hydroxylation is 1. The SMILES string of the molecule is CC.CC.Cn1[nH]c(=O)n(C)c1=O. The number of hydrogen-bond acceptors (Lipinski definition) is 2. The van der Waals surface area contributed by atoms with E-state index in [9.17, 15) is 9.59 Å². The zero-order valence-electron chi connectivity index (χ0n) is 9.21. The van der Waals surface area contributed by atoms with Gasteiger partial charge in [0.25, 0.3) is 0 Å². The normalized spacial score (nSPS) is 7.85. The van der Waals surface area contributed by atoms with Crippen LogP contribution >= 0.6 is 0 Å². The lowest BCUT2D eigenvalue weighted by atomic mass is 11.0. The van der Waals surface area contributed by atoms with Gasteiger partial charge in [-0.3, -0.25) is 0 Å². The molecule has 5 nitrogen and oxygen atoms in total. The number of nitrogens with one attached hydrogen (secondary N) is 1. The number of H-pyrrole nitrogens is 1. The third kappa shape index (κ3) is 3.78. The van der Waals surface area contributed by atoms with Crippen molar-refractivity contribution in [2.24, 2.45) is 14.1 Å². The molecule has 0 fully saturated rings. The Kier molecular flexibility index (Phi) is 8.12. The molecule has 0 unspecified atom stereocenters. The predicted molar refractivity (Wildman–Crippen MR) is 54.0 cm³/mol. The molecule has 1 rings (SSSR count). The second-order valence-corrected chi connectivity index (χ2v) is 1.82. The van der Waals surface area contributed by atoms with Crippen molar-refractivity contribution in [2.75, 3.05) is 0 Å². The van der Waals surface area contributed by atoms with E-state index in [-0.39, 0.29) is 11.4 Å². The molecule has 1 N–H and O–H groups in total. The van der Waals surface area contributed by atoms with Gasteiger partial charge in [0, 0.05) is 14.1 Å². The van der Waals surface area contributed by atoms with Crippen LogP contribution in [0.1, 0.15) is 27.7 Å². The number of hydrogen-bond donors (Lipinski definition) is 1. The standard InChI is InChI=1S/C4H7N3O2.2C2H6/c1-6-3(8)5-7(2)4(6)9;2*1-2/h1-2H3,(H,5,8);2*1-2H3. The maximum absolute atomic E-state index is 10.7. The Bertz CT molecular complexity index is 319. The molecule has 78 valence electrons. The van der Waals surface area contributed by atoms with Gasteiger partial charge in [0.15, 0.2) is 0 Å². The highest BCUT2D eigenvalue weighted by atomic mass is 16.2. The maximum atomic E-state index is 10.7. The van der Waals surface area contributed by atoms with Gasteiger partial charge in [0.05, 0.1) is 0 Å². The van der Waals surface area contributed by atoms with E-state index in [1.165, 1.54) is 14.1 Å². The van der Waals surface area contributed by atoms with E-state index in [0.717, 1.165) is 9.25 Å². The van der Waals surface area contributed by atoms with Crippen molar-refractivity contribution in [1.29, 1.82) is 0 Å². The van der Waals surface area contributed by atoms with Crippen LogP contribution < -0.4 is 11.4 Å². The van der Waals surface area contributed by atoms with Gasteiger partial charge in [-0.2, -0.15) is 0 Å². The lowest BCUT2D eigenvalue weighted by Gasteiger charge is -1.80. The molecule has 0 amide bonds. The summed E-state index contributed by atoms with van der Waals surface area (Å²) in [6, 6.07) is 0. The minimum Gasteiger partial charge on any atom is -0.246 e. The summed E-state index contributed by atoms with van der Waals surface area (Å²) in [6.45, 7) is 8.00. The fourth-order valence-corrected chi connectivity index (χ4v) is 0.578. The summed E-state index contributed by atoms with van der Waals surface area (Å²) in [4.78, 5) is 21.2. The van der Waals surface area contributed by atoms with Crippen molar-refractivity contribution in [3.63, 3.8) is 0 Å². The number of rotatable bonds is 0. The molecule has 0 aromatic carbocycles. The molecule has 1 heterocycles. The maximum Gasteiger partial charge on any atom is 0.346 e. The zero-order chi connectivity index (χ0) is 11.0. The first-order chi connectivity index (χ1) is 6.13. The fraction of sp³-hybridized carbons (Fsp3) is 0.750. The Hall–Kier alpha value is -1.26. The summed E-state index contributed by atoms with van der Waals surface area (Å²) in [5, 5.41) is 2.29. The lowest BCUT2D eigenvalue weighted by molar-refractivity contribution is 0.713. The molecule has 0 spiro atoms. The minimum atomic E-state index is -0.387. The van der Waals surface area contributed by atoms with Crippen molar-refractivity contribution in [1.82, 2.24) is 14.3 Å². The van der Waals surface area contributed by atoms with Crippen molar-refractivity contribution >= 4 is 0 Å². The van der Waals surface area contributed by atoms with Crippen molar-refractivity contribution < 1.29 is 0 Å². The third-order valence-electron chi connectivity index (χ3n) is 1.14. The molecule has 0 radical (unpaired) electrons. The van der Waals surface area contributed by atoms with Crippen LogP contribution in [-0.2, 0) is 14.1 Å². The first-order valence-corrected chi connectivity index (χ1v) is 4.45. The molecule has 0 atom stereocenters. The van der Waals surface area contributed by atoms with Gasteiger partial charge in [-0.25, -0.2) is 23.9 Å². The van der Waals surface area contributed by atoms with Crippen LogP contribution in [0.3, 0.4) is 0 Å². The topological polar surface area (TPSA) is 59.8 Å². The van der Waals surface area contributed by atoms with Gasteiger partial charge in [-0.05, 0) is 0 Å². The first-order valence-electron chi connectivity index (χ1n) is 4.45. The summed E-state index contributed by atoms with van der Waals surface area (Å²) >= 11 is 0. The molecule has 13 heavy (non-hydrogen) atoms. The Morgan fingerprint density at radius 2 is 1.38 bits per heavy atom. The summed E-state index contributed by atoms with van der Waals surface area (Å²) in [5.74, 6) is 0.